The van der Waals surface area contributed by atoms with Crippen LogP contribution in [0.25, 0.3) is 16.7 Å². The van der Waals surface area contributed by atoms with Gasteiger partial charge in [0.05, 0.1) is 10.7 Å². The second-order valence-corrected chi connectivity index (χ2v) is 9.49. The Kier molecular flexibility index (Phi) is 4.03. The largest absolute Gasteiger partial charge is 0.467 e. The molecule has 3 aliphatic rings. The van der Waals surface area contributed by atoms with E-state index in [1.54, 1.807) is 0 Å². The molecule has 0 aliphatic heterocycles. The molecule has 4 aromatic carbocycles. The second kappa shape index (κ2) is 6.93. The van der Waals surface area contributed by atoms with Crippen LogP contribution in [-0.4, -0.2) is 17.2 Å². The lowest BCUT2D eigenvalue weighted by Gasteiger charge is -2.39. The molecule has 7 rings (SSSR count). The summed E-state index contributed by atoms with van der Waals surface area (Å²) in [5.41, 5.74) is 9.94. The van der Waals surface area contributed by atoms with Crippen LogP contribution in [0.15, 0.2) is 121 Å². The standard InChI is InChI=1S/C31H23BO2/c33-32(34)30(21-11-2-1-3-12-21)20-10-19-28-29(30)24-15-6-9-18-27(24)31(28)25-16-7-4-13-22(25)23-14-5-8-17-26(23)31/h1-19,33-34H,20H2. The Morgan fingerprint density at radius 1 is 0.588 bits per heavy atom. The molecule has 2 N–H and O–H groups in total. The molecule has 0 heterocycles. The fourth-order valence-corrected chi connectivity index (χ4v) is 6.86. The summed E-state index contributed by atoms with van der Waals surface area (Å²) in [4.78, 5) is 0. The average molecular weight is 438 g/mol. The van der Waals surface area contributed by atoms with Crippen molar-refractivity contribution < 1.29 is 10.0 Å². The quantitative estimate of drug-likeness (QED) is 0.396. The zero-order chi connectivity index (χ0) is 22.9. The van der Waals surface area contributed by atoms with Crippen molar-refractivity contribution in [3.63, 3.8) is 0 Å². The van der Waals surface area contributed by atoms with Crippen molar-refractivity contribution in [2.45, 2.75) is 17.2 Å². The molecule has 162 valence electrons. The molecule has 1 atom stereocenters. The van der Waals surface area contributed by atoms with Crippen LogP contribution in [0.5, 0.6) is 0 Å². The van der Waals surface area contributed by atoms with Crippen LogP contribution in [0.4, 0.5) is 0 Å². The highest BCUT2D eigenvalue weighted by atomic mass is 16.4. The van der Waals surface area contributed by atoms with E-state index >= 15 is 0 Å². The van der Waals surface area contributed by atoms with E-state index in [1.165, 1.54) is 27.8 Å². The minimum Gasteiger partial charge on any atom is -0.426 e. The van der Waals surface area contributed by atoms with Crippen LogP contribution >= 0.6 is 0 Å². The first kappa shape index (κ1) is 19.8. The summed E-state index contributed by atoms with van der Waals surface area (Å²) < 4.78 is 0. The van der Waals surface area contributed by atoms with Gasteiger partial charge in [0.15, 0.2) is 0 Å². The first-order valence-electron chi connectivity index (χ1n) is 11.8. The Balaban J connectivity index is 1.67. The number of rotatable bonds is 2. The molecular formula is C31H23BO2. The van der Waals surface area contributed by atoms with Gasteiger partial charge in [0.2, 0.25) is 0 Å². The highest BCUT2D eigenvalue weighted by Crippen LogP contribution is 2.66. The molecule has 1 unspecified atom stereocenters. The van der Waals surface area contributed by atoms with Crippen LogP contribution in [0.3, 0.4) is 0 Å². The van der Waals surface area contributed by atoms with Crippen molar-refractivity contribution in [2.75, 3.05) is 0 Å². The lowest BCUT2D eigenvalue weighted by molar-refractivity contribution is 0.366. The van der Waals surface area contributed by atoms with Gasteiger partial charge in [0.25, 0.3) is 0 Å². The van der Waals surface area contributed by atoms with E-state index in [0.717, 1.165) is 22.3 Å². The fourth-order valence-electron chi connectivity index (χ4n) is 6.86. The van der Waals surface area contributed by atoms with Gasteiger partial charge in [-0.2, -0.15) is 0 Å². The van der Waals surface area contributed by atoms with Gasteiger partial charge in [0.1, 0.15) is 0 Å². The van der Waals surface area contributed by atoms with Crippen LogP contribution in [0.1, 0.15) is 34.2 Å². The summed E-state index contributed by atoms with van der Waals surface area (Å²) in [5, 5.41) is 21.2. The van der Waals surface area contributed by atoms with Gasteiger partial charge in [-0.05, 0) is 56.5 Å². The summed E-state index contributed by atoms with van der Waals surface area (Å²) in [6.45, 7) is 0. The van der Waals surface area contributed by atoms with Crippen LogP contribution in [0, 0.1) is 0 Å². The zero-order valence-electron chi connectivity index (χ0n) is 18.6. The van der Waals surface area contributed by atoms with Crippen molar-refractivity contribution in [1.29, 1.82) is 0 Å². The number of allylic oxidation sites excluding steroid dienone is 4. The Morgan fingerprint density at radius 2 is 1.09 bits per heavy atom. The van der Waals surface area contributed by atoms with E-state index in [0.29, 0.717) is 6.42 Å². The molecule has 0 saturated carbocycles. The molecule has 34 heavy (non-hydrogen) atoms. The normalized spacial score (nSPS) is 20.6. The van der Waals surface area contributed by atoms with E-state index in [1.807, 2.05) is 30.3 Å². The van der Waals surface area contributed by atoms with Crippen molar-refractivity contribution in [3.05, 3.63) is 149 Å². The molecule has 4 aromatic rings. The number of fused-ring (bicyclic) bond motifs is 9. The maximum Gasteiger partial charge on any atom is 0.467 e. The van der Waals surface area contributed by atoms with Crippen LogP contribution in [-0.2, 0) is 10.7 Å². The Labute approximate surface area is 199 Å². The maximum atomic E-state index is 11.1. The Morgan fingerprint density at radius 3 is 1.68 bits per heavy atom. The Hall–Kier alpha value is -3.66. The lowest BCUT2D eigenvalue weighted by Crippen LogP contribution is -2.46. The topological polar surface area (TPSA) is 40.5 Å². The highest BCUT2D eigenvalue weighted by molar-refractivity contribution is 6.50. The van der Waals surface area contributed by atoms with E-state index < -0.39 is 17.8 Å². The van der Waals surface area contributed by atoms with E-state index in [-0.39, 0.29) is 0 Å². The summed E-state index contributed by atoms with van der Waals surface area (Å²) in [6, 6.07) is 35.9. The smallest absolute Gasteiger partial charge is 0.426 e. The first-order chi connectivity index (χ1) is 16.7. The molecular weight excluding hydrogens is 415 g/mol. The minimum atomic E-state index is -1.54. The molecule has 3 aliphatic carbocycles. The van der Waals surface area contributed by atoms with Gasteiger partial charge in [-0.25, -0.2) is 0 Å². The third kappa shape index (κ3) is 2.19. The third-order valence-electron chi connectivity index (χ3n) is 8.13. The summed E-state index contributed by atoms with van der Waals surface area (Å²) in [6.07, 6.45) is 4.89. The fraction of sp³-hybridized carbons (Fsp3) is 0.0968. The van der Waals surface area contributed by atoms with Crippen molar-refractivity contribution in [2.24, 2.45) is 0 Å². The van der Waals surface area contributed by atoms with Gasteiger partial charge in [0, 0.05) is 0 Å². The SMILES string of the molecule is OB(O)C1(c2ccccc2)CC=CC2=C1c1ccccc1C21c2ccccc2-c2ccccc21. The van der Waals surface area contributed by atoms with Gasteiger partial charge in [-0.15, -0.1) is 0 Å². The number of hydrogen-bond acceptors (Lipinski definition) is 2. The highest BCUT2D eigenvalue weighted by Gasteiger charge is 2.59. The summed E-state index contributed by atoms with van der Waals surface area (Å²) in [7, 11) is -1.54. The van der Waals surface area contributed by atoms with Crippen LogP contribution < -0.4 is 0 Å². The van der Waals surface area contributed by atoms with E-state index in [9.17, 15) is 10.0 Å². The zero-order valence-corrected chi connectivity index (χ0v) is 18.6. The lowest BCUT2D eigenvalue weighted by atomic mass is 9.47. The van der Waals surface area contributed by atoms with E-state index in [2.05, 4.69) is 84.9 Å². The molecule has 0 radical (unpaired) electrons. The molecule has 1 spiro atoms. The minimum absolute atomic E-state index is 0.481. The third-order valence-corrected chi connectivity index (χ3v) is 8.13. The van der Waals surface area contributed by atoms with E-state index in [4.69, 9.17) is 0 Å². The van der Waals surface area contributed by atoms with Crippen molar-refractivity contribution in [1.82, 2.24) is 0 Å². The van der Waals surface area contributed by atoms with Gasteiger partial charge in [-0.1, -0.05) is 115 Å². The van der Waals surface area contributed by atoms with Crippen LogP contribution in [0.2, 0.25) is 0 Å². The maximum absolute atomic E-state index is 11.1. The second-order valence-electron chi connectivity index (χ2n) is 9.49. The van der Waals surface area contributed by atoms with Gasteiger partial charge >= 0.3 is 7.12 Å². The molecule has 0 fully saturated rings. The Bertz CT molecular complexity index is 1470. The van der Waals surface area contributed by atoms with Gasteiger partial charge < -0.3 is 10.0 Å². The summed E-state index contributed by atoms with van der Waals surface area (Å²) >= 11 is 0. The first-order valence-corrected chi connectivity index (χ1v) is 11.8. The average Bonchev–Trinajstić information content (AvgIpc) is 3.37. The predicted octanol–water partition coefficient (Wildman–Crippen LogP) is 5.68. The number of hydrogen-bond donors (Lipinski definition) is 2. The monoisotopic (exact) mass is 438 g/mol. The molecule has 3 heteroatoms. The molecule has 0 saturated heterocycles. The van der Waals surface area contributed by atoms with Crippen molar-refractivity contribution >= 4 is 12.7 Å². The molecule has 0 bridgehead atoms. The molecule has 0 amide bonds. The molecule has 2 nitrogen and oxygen atoms in total. The van der Waals surface area contributed by atoms with Crippen molar-refractivity contribution in [3.8, 4) is 11.1 Å². The molecule has 0 aromatic heterocycles. The summed E-state index contributed by atoms with van der Waals surface area (Å²) in [5.74, 6) is 0. The van der Waals surface area contributed by atoms with Gasteiger partial charge in [-0.3, -0.25) is 0 Å². The predicted molar refractivity (Wildman–Crippen MR) is 137 cm³/mol. The number of benzene rings is 4.